The Hall–Kier alpha value is -0.860. The standard InChI is InChI=1S/C16H31N3/c1-4-5-10-13-19-16(14-17-18-19)12-9-7-6-8-11-15(2)3/h14-15H,4-13H2,1-3H3. The first-order valence-electron chi connectivity index (χ1n) is 8.11. The monoisotopic (exact) mass is 265 g/mol. The first kappa shape index (κ1) is 16.2. The smallest absolute Gasteiger partial charge is 0.0725 e. The molecule has 0 saturated carbocycles. The molecule has 1 aromatic rings. The summed E-state index contributed by atoms with van der Waals surface area (Å²) in [5.41, 5.74) is 1.32. The van der Waals surface area contributed by atoms with Gasteiger partial charge in [0.25, 0.3) is 0 Å². The zero-order valence-electron chi connectivity index (χ0n) is 13.1. The fraction of sp³-hybridized carbons (Fsp3) is 0.875. The number of hydrogen-bond acceptors (Lipinski definition) is 2. The summed E-state index contributed by atoms with van der Waals surface area (Å²) in [4.78, 5) is 0. The quantitative estimate of drug-likeness (QED) is 0.547. The lowest BCUT2D eigenvalue weighted by Crippen LogP contribution is -2.05. The Morgan fingerprint density at radius 2 is 1.84 bits per heavy atom. The number of rotatable bonds is 11. The topological polar surface area (TPSA) is 30.7 Å². The molecule has 0 amide bonds. The highest BCUT2D eigenvalue weighted by atomic mass is 15.4. The van der Waals surface area contributed by atoms with Gasteiger partial charge in [-0.25, -0.2) is 4.68 Å². The van der Waals surface area contributed by atoms with Crippen LogP contribution in [-0.2, 0) is 13.0 Å². The van der Waals surface area contributed by atoms with E-state index in [0.29, 0.717) is 0 Å². The van der Waals surface area contributed by atoms with E-state index in [1.165, 1.54) is 57.1 Å². The summed E-state index contributed by atoms with van der Waals surface area (Å²) in [5, 5.41) is 8.25. The second-order valence-electron chi connectivity index (χ2n) is 6.00. The lowest BCUT2D eigenvalue weighted by atomic mass is 10.0. The highest BCUT2D eigenvalue weighted by molar-refractivity contribution is 4.93. The van der Waals surface area contributed by atoms with Crippen LogP contribution in [0.1, 0.15) is 77.8 Å². The Morgan fingerprint density at radius 3 is 2.58 bits per heavy atom. The van der Waals surface area contributed by atoms with E-state index in [1.807, 2.05) is 6.20 Å². The zero-order valence-corrected chi connectivity index (χ0v) is 13.1. The molecule has 0 atom stereocenters. The Balaban J connectivity index is 2.13. The average Bonchev–Trinajstić information content (AvgIpc) is 2.81. The molecule has 0 bridgehead atoms. The zero-order chi connectivity index (χ0) is 13.9. The summed E-state index contributed by atoms with van der Waals surface area (Å²) >= 11 is 0. The van der Waals surface area contributed by atoms with Crippen molar-refractivity contribution in [3.8, 4) is 0 Å². The fourth-order valence-electron chi connectivity index (χ4n) is 2.38. The Morgan fingerprint density at radius 1 is 1.05 bits per heavy atom. The van der Waals surface area contributed by atoms with Gasteiger partial charge in [-0.3, -0.25) is 0 Å². The lowest BCUT2D eigenvalue weighted by molar-refractivity contribution is 0.501. The molecular weight excluding hydrogens is 234 g/mol. The van der Waals surface area contributed by atoms with E-state index in [9.17, 15) is 0 Å². The molecule has 3 heteroatoms. The maximum atomic E-state index is 4.19. The lowest BCUT2D eigenvalue weighted by Gasteiger charge is -2.06. The molecule has 0 spiro atoms. The minimum atomic E-state index is 0.851. The fourth-order valence-corrected chi connectivity index (χ4v) is 2.38. The Labute approximate surface area is 118 Å². The van der Waals surface area contributed by atoms with Crippen LogP contribution in [0.2, 0.25) is 0 Å². The summed E-state index contributed by atoms with van der Waals surface area (Å²) in [6.07, 6.45) is 13.6. The van der Waals surface area contributed by atoms with Gasteiger partial charge in [-0.2, -0.15) is 0 Å². The van der Waals surface area contributed by atoms with Crippen molar-refractivity contribution in [2.75, 3.05) is 0 Å². The minimum absolute atomic E-state index is 0.851. The first-order valence-corrected chi connectivity index (χ1v) is 8.11. The number of aromatic nitrogens is 3. The molecule has 0 fully saturated rings. The van der Waals surface area contributed by atoms with Crippen molar-refractivity contribution in [3.63, 3.8) is 0 Å². The van der Waals surface area contributed by atoms with Gasteiger partial charge >= 0.3 is 0 Å². The highest BCUT2D eigenvalue weighted by Crippen LogP contribution is 2.12. The molecule has 0 radical (unpaired) electrons. The molecule has 1 rings (SSSR count). The van der Waals surface area contributed by atoms with E-state index in [-0.39, 0.29) is 0 Å². The van der Waals surface area contributed by atoms with E-state index in [2.05, 4.69) is 35.8 Å². The predicted molar refractivity (Wildman–Crippen MR) is 81.2 cm³/mol. The van der Waals surface area contributed by atoms with E-state index < -0.39 is 0 Å². The van der Waals surface area contributed by atoms with E-state index in [4.69, 9.17) is 0 Å². The number of aryl methyl sites for hydroxylation is 2. The minimum Gasteiger partial charge on any atom is -0.249 e. The van der Waals surface area contributed by atoms with Crippen LogP contribution in [0.4, 0.5) is 0 Å². The third-order valence-corrected chi connectivity index (χ3v) is 3.64. The van der Waals surface area contributed by atoms with Gasteiger partial charge < -0.3 is 0 Å². The van der Waals surface area contributed by atoms with Crippen LogP contribution >= 0.6 is 0 Å². The predicted octanol–water partition coefficient (Wildman–Crippen LogP) is 4.62. The Bertz CT molecular complexity index is 318. The van der Waals surface area contributed by atoms with Gasteiger partial charge in [-0.05, 0) is 25.2 Å². The molecule has 1 aromatic heterocycles. The van der Waals surface area contributed by atoms with Crippen LogP contribution in [-0.4, -0.2) is 15.0 Å². The van der Waals surface area contributed by atoms with Gasteiger partial charge in [0.05, 0.1) is 11.9 Å². The van der Waals surface area contributed by atoms with Gasteiger partial charge in [0.1, 0.15) is 0 Å². The van der Waals surface area contributed by atoms with Crippen LogP contribution in [0, 0.1) is 5.92 Å². The summed E-state index contributed by atoms with van der Waals surface area (Å²) in [6.45, 7) is 7.89. The Kier molecular flexibility index (Phi) is 8.52. The number of unbranched alkanes of at least 4 members (excludes halogenated alkanes) is 5. The van der Waals surface area contributed by atoms with Crippen molar-refractivity contribution in [1.82, 2.24) is 15.0 Å². The molecule has 19 heavy (non-hydrogen) atoms. The molecule has 0 aliphatic rings. The molecule has 3 nitrogen and oxygen atoms in total. The number of nitrogens with zero attached hydrogens (tertiary/aromatic N) is 3. The summed E-state index contributed by atoms with van der Waals surface area (Å²) < 4.78 is 2.10. The van der Waals surface area contributed by atoms with Crippen LogP contribution < -0.4 is 0 Å². The third-order valence-electron chi connectivity index (χ3n) is 3.64. The SMILES string of the molecule is CCCCCn1nncc1CCCCCCC(C)C. The molecule has 0 N–H and O–H groups in total. The first-order chi connectivity index (χ1) is 9.24. The van der Waals surface area contributed by atoms with Gasteiger partial charge in [-0.15, -0.1) is 5.10 Å². The van der Waals surface area contributed by atoms with E-state index >= 15 is 0 Å². The van der Waals surface area contributed by atoms with Crippen molar-refractivity contribution in [2.45, 2.75) is 85.1 Å². The van der Waals surface area contributed by atoms with E-state index in [1.54, 1.807) is 0 Å². The van der Waals surface area contributed by atoms with Crippen molar-refractivity contribution >= 4 is 0 Å². The second kappa shape index (κ2) is 9.99. The van der Waals surface area contributed by atoms with Gasteiger partial charge in [0.2, 0.25) is 0 Å². The molecule has 1 heterocycles. The molecule has 110 valence electrons. The van der Waals surface area contributed by atoms with E-state index in [0.717, 1.165) is 18.9 Å². The van der Waals surface area contributed by atoms with Crippen molar-refractivity contribution < 1.29 is 0 Å². The molecule has 0 aromatic carbocycles. The van der Waals surface area contributed by atoms with Crippen molar-refractivity contribution in [2.24, 2.45) is 5.92 Å². The van der Waals surface area contributed by atoms with Crippen LogP contribution in [0.15, 0.2) is 6.20 Å². The van der Waals surface area contributed by atoms with Gasteiger partial charge in [0, 0.05) is 6.54 Å². The van der Waals surface area contributed by atoms with Gasteiger partial charge in [0.15, 0.2) is 0 Å². The third kappa shape index (κ3) is 7.34. The summed E-state index contributed by atoms with van der Waals surface area (Å²) in [5.74, 6) is 0.851. The second-order valence-corrected chi connectivity index (χ2v) is 6.00. The highest BCUT2D eigenvalue weighted by Gasteiger charge is 2.03. The molecule has 0 aliphatic carbocycles. The van der Waals surface area contributed by atoms with Crippen LogP contribution in [0.3, 0.4) is 0 Å². The normalized spacial score (nSPS) is 11.4. The number of hydrogen-bond donors (Lipinski definition) is 0. The largest absolute Gasteiger partial charge is 0.249 e. The summed E-state index contributed by atoms with van der Waals surface area (Å²) in [7, 11) is 0. The van der Waals surface area contributed by atoms with Gasteiger partial charge in [-0.1, -0.05) is 64.5 Å². The maximum absolute atomic E-state index is 4.19. The average molecular weight is 265 g/mol. The molecular formula is C16H31N3. The molecule has 0 saturated heterocycles. The van der Waals surface area contributed by atoms with Crippen LogP contribution in [0.25, 0.3) is 0 Å². The summed E-state index contributed by atoms with van der Waals surface area (Å²) in [6, 6.07) is 0. The molecule has 0 aliphatic heterocycles. The molecule has 0 unspecified atom stereocenters. The van der Waals surface area contributed by atoms with Crippen molar-refractivity contribution in [1.29, 1.82) is 0 Å². The van der Waals surface area contributed by atoms with Crippen LogP contribution in [0.5, 0.6) is 0 Å². The van der Waals surface area contributed by atoms with Crippen molar-refractivity contribution in [3.05, 3.63) is 11.9 Å². The maximum Gasteiger partial charge on any atom is 0.0725 e.